The van der Waals surface area contributed by atoms with Crippen molar-refractivity contribution in [2.75, 3.05) is 13.2 Å². The van der Waals surface area contributed by atoms with Crippen LogP contribution in [0.2, 0.25) is 0 Å². The van der Waals surface area contributed by atoms with Gasteiger partial charge in [0, 0.05) is 19.3 Å². The van der Waals surface area contributed by atoms with E-state index in [9.17, 15) is 14.4 Å². The molecule has 6 nitrogen and oxygen atoms in total. The van der Waals surface area contributed by atoms with Crippen molar-refractivity contribution in [3.05, 3.63) is 36.5 Å². The van der Waals surface area contributed by atoms with Crippen molar-refractivity contribution in [3.63, 3.8) is 0 Å². The fourth-order valence-electron chi connectivity index (χ4n) is 7.87. The smallest absolute Gasteiger partial charge is 0.306 e. The number of rotatable bonds is 49. The molecule has 0 heterocycles. The van der Waals surface area contributed by atoms with Crippen LogP contribution < -0.4 is 0 Å². The third-order valence-corrected chi connectivity index (χ3v) is 11.9. The number of allylic oxidation sites excluding steroid dienone is 6. The standard InChI is InChI=1S/C56H102O6/c1-4-7-10-13-16-19-21-23-24-25-26-27-28-29-30-31-33-34-37-40-43-46-49-55(58)61-52-53(51-60-54(57)48-45-42-39-36-18-15-12-9-6-3)62-56(59)50-47-44-41-38-35-32-22-20-17-14-11-8-5-2/h8,11,17,20,32,35,53H,4-7,9-10,12-16,18-19,21-31,33-34,36-52H2,1-3H3/b11-8-,20-17-,35-32-. The first-order valence-corrected chi connectivity index (χ1v) is 27.0. The Morgan fingerprint density at radius 1 is 0.339 bits per heavy atom. The lowest BCUT2D eigenvalue weighted by Crippen LogP contribution is -2.30. The van der Waals surface area contributed by atoms with Gasteiger partial charge in [-0.05, 0) is 51.4 Å². The van der Waals surface area contributed by atoms with Crippen molar-refractivity contribution in [1.29, 1.82) is 0 Å². The van der Waals surface area contributed by atoms with E-state index in [2.05, 4.69) is 57.2 Å². The van der Waals surface area contributed by atoms with Crippen LogP contribution in [0.5, 0.6) is 0 Å². The highest BCUT2D eigenvalue weighted by molar-refractivity contribution is 5.71. The van der Waals surface area contributed by atoms with E-state index in [-0.39, 0.29) is 31.1 Å². The molecule has 1 atom stereocenters. The van der Waals surface area contributed by atoms with E-state index < -0.39 is 6.10 Å². The summed E-state index contributed by atoms with van der Waals surface area (Å²) in [5.41, 5.74) is 0. The van der Waals surface area contributed by atoms with Crippen molar-refractivity contribution in [3.8, 4) is 0 Å². The van der Waals surface area contributed by atoms with Crippen LogP contribution in [-0.2, 0) is 28.6 Å². The van der Waals surface area contributed by atoms with Crippen LogP contribution in [-0.4, -0.2) is 37.2 Å². The number of esters is 3. The van der Waals surface area contributed by atoms with E-state index in [1.54, 1.807) is 0 Å². The lowest BCUT2D eigenvalue weighted by molar-refractivity contribution is -0.167. The van der Waals surface area contributed by atoms with Crippen molar-refractivity contribution < 1.29 is 28.6 Å². The van der Waals surface area contributed by atoms with E-state index in [1.807, 2.05) is 0 Å². The molecule has 0 aromatic carbocycles. The number of ether oxygens (including phenoxy) is 3. The van der Waals surface area contributed by atoms with Crippen LogP contribution >= 0.6 is 0 Å². The third kappa shape index (κ3) is 48.7. The average Bonchev–Trinajstić information content (AvgIpc) is 3.27. The van der Waals surface area contributed by atoms with Gasteiger partial charge in [0.1, 0.15) is 13.2 Å². The monoisotopic (exact) mass is 871 g/mol. The topological polar surface area (TPSA) is 78.9 Å². The number of hydrogen-bond acceptors (Lipinski definition) is 6. The molecular formula is C56H102O6. The third-order valence-electron chi connectivity index (χ3n) is 11.9. The SMILES string of the molecule is CC/C=C\C/C=C\C/C=C\CCCCCC(=O)OC(COC(=O)CCCCCCCCCCC)COC(=O)CCCCCCCCCCCCCCCCCCCCCCCC. The van der Waals surface area contributed by atoms with Gasteiger partial charge in [-0.2, -0.15) is 0 Å². The molecule has 0 saturated carbocycles. The largest absolute Gasteiger partial charge is 0.462 e. The molecule has 0 aliphatic heterocycles. The first-order chi connectivity index (χ1) is 30.5. The summed E-state index contributed by atoms with van der Waals surface area (Å²) in [6.07, 6.45) is 60.1. The zero-order valence-electron chi connectivity index (χ0n) is 41.4. The molecule has 0 aliphatic carbocycles. The van der Waals surface area contributed by atoms with Gasteiger partial charge in [-0.1, -0.05) is 250 Å². The Bertz CT molecular complexity index is 1050. The molecule has 0 fully saturated rings. The highest BCUT2D eigenvalue weighted by Crippen LogP contribution is 2.17. The van der Waals surface area contributed by atoms with Crippen molar-refractivity contribution in [2.24, 2.45) is 0 Å². The normalized spacial score (nSPS) is 12.2. The molecule has 1 unspecified atom stereocenters. The van der Waals surface area contributed by atoms with Crippen LogP contribution in [0.4, 0.5) is 0 Å². The molecule has 0 N–H and O–H groups in total. The molecule has 0 bridgehead atoms. The Morgan fingerprint density at radius 2 is 0.629 bits per heavy atom. The summed E-state index contributed by atoms with van der Waals surface area (Å²) in [4.78, 5) is 37.9. The number of unbranched alkanes of at least 4 members (excludes halogenated alkanes) is 32. The Morgan fingerprint density at radius 3 is 0.984 bits per heavy atom. The highest BCUT2D eigenvalue weighted by Gasteiger charge is 2.19. The predicted octanol–water partition coefficient (Wildman–Crippen LogP) is 17.7. The van der Waals surface area contributed by atoms with E-state index >= 15 is 0 Å². The molecule has 6 heteroatoms. The number of carbonyl (C=O) groups is 3. The van der Waals surface area contributed by atoms with Gasteiger partial charge in [-0.25, -0.2) is 0 Å². The second-order valence-electron chi connectivity index (χ2n) is 18.1. The van der Waals surface area contributed by atoms with Crippen LogP contribution in [0.15, 0.2) is 36.5 Å². The Labute approximate surface area is 385 Å². The summed E-state index contributed by atoms with van der Waals surface area (Å²) >= 11 is 0. The molecule has 62 heavy (non-hydrogen) atoms. The fraction of sp³-hybridized carbons (Fsp3) is 0.839. The maximum atomic E-state index is 12.7. The molecule has 0 aromatic heterocycles. The molecule has 362 valence electrons. The molecule has 0 rings (SSSR count). The summed E-state index contributed by atoms with van der Waals surface area (Å²) in [5.74, 6) is -0.900. The summed E-state index contributed by atoms with van der Waals surface area (Å²) in [6.45, 7) is 6.51. The zero-order valence-corrected chi connectivity index (χ0v) is 41.4. The van der Waals surface area contributed by atoms with E-state index in [1.165, 1.54) is 161 Å². The molecule has 0 aliphatic rings. The lowest BCUT2D eigenvalue weighted by Gasteiger charge is -2.18. The van der Waals surface area contributed by atoms with Gasteiger partial charge in [0.2, 0.25) is 0 Å². The minimum absolute atomic E-state index is 0.0800. The Balaban J connectivity index is 4.21. The average molecular weight is 871 g/mol. The zero-order chi connectivity index (χ0) is 45.1. The maximum Gasteiger partial charge on any atom is 0.306 e. The van der Waals surface area contributed by atoms with Gasteiger partial charge in [-0.3, -0.25) is 14.4 Å². The number of carbonyl (C=O) groups excluding carboxylic acids is 3. The van der Waals surface area contributed by atoms with Crippen molar-refractivity contribution in [1.82, 2.24) is 0 Å². The van der Waals surface area contributed by atoms with Gasteiger partial charge < -0.3 is 14.2 Å². The molecule has 0 radical (unpaired) electrons. The second kappa shape index (κ2) is 51.3. The van der Waals surface area contributed by atoms with Crippen LogP contribution in [0.25, 0.3) is 0 Å². The number of hydrogen-bond donors (Lipinski definition) is 0. The highest BCUT2D eigenvalue weighted by atomic mass is 16.6. The maximum absolute atomic E-state index is 12.7. The summed E-state index contributed by atoms with van der Waals surface area (Å²) in [5, 5.41) is 0. The predicted molar refractivity (Wildman–Crippen MR) is 266 cm³/mol. The van der Waals surface area contributed by atoms with Gasteiger partial charge in [0.05, 0.1) is 0 Å². The van der Waals surface area contributed by atoms with Crippen LogP contribution in [0, 0.1) is 0 Å². The minimum atomic E-state index is -0.781. The van der Waals surface area contributed by atoms with Crippen LogP contribution in [0.1, 0.15) is 284 Å². The molecule has 0 saturated heterocycles. The summed E-state index contributed by atoms with van der Waals surface area (Å²) in [7, 11) is 0. The minimum Gasteiger partial charge on any atom is -0.462 e. The summed E-state index contributed by atoms with van der Waals surface area (Å²) in [6, 6.07) is 0. The lowest BCUT2D eigenvalue weighted by atomic mass is 10.0. The Kier molecular flexibility index (Phi) is 49.3. The van der Waals surface area contributed by atoms with E-state index in [0.29, 0.717) is 19.3 Å². The molecule has 0 aromatic rings. The van der Waals surface area contributed by atoms with Gasteiger partial charge in [-0.15, -0.1) is 0 Å². The molecule has 0 amide bonds. The first kappa shape index (κ1) is 59.6. The fourth-order valence-corrected chi connectivity index (χ4v) is 7.87. The van der Waals surface area contributed by atoms with Crippen molar-refractivity contribution in [2.45, 2.75) is 290 Å². The molecular weight excluding hydrogens is 769 g/mol. The molecule has 0 spiro atoms. The Hall–Kier alpha value is -2.37. The summed E-state index contributed by atoms with van der Waals surface area (Å²) < 4.78 is 16.8. The quantitative estimate of drug-likeness (QED) is 0.0262. The first-order valence-electron chi connectivity index (χ1n) is 27.0. The van der Waals surface area contributed by atoms with Gasteiger partial charge in [0.15, 0.2) is 6.10 Å². The van der Waals surface area contributed by atoms with E-state index in [4.69, 9.17) is 14.2 Å². The van der Waals surface area contributed by atoms with Gasteiger partial charge in [0.25, 0.3) is 0 Å². The van der Waals surface area contributed by atoms with Crippen molar-refractivity contribution >= 4 is 17.9 Å². The van der Waals surface area contributed by atoms with Crippen LogP contribution in [0.3, 0.4) is 0 Å². The van der Waals surface area contributed by atoms with E-state index in [0.717, 1.165) is 83.5 Å². The van der Waals surface area contributed by atoms with Gasteiger partial charge >= 0.3 is 17.9 Å². The second-order valence-corrected chi connectivity index (χ2v) is 18.1.